The lowest BCUT2D eigenvalue weighted by molar-refractivity contribution is 0.0271. The van der Waals surface area contributed by atoms with Gasteiger partial charge in [0.2, 0.25) is 0 Å². The Hall–Kier alpha value is -1.32. The van der Waals surface area contributed by atoms with Crippen LogP contribution in [0.2, 0.25) is 0 Å². The van der Waals surface area contributed by atoms with E-state index in [9.17, 15) is 0 Å². The summed E-state index contributed by atoms with van der Waals surface area (Å²) in [5, 5.41) is 3.89. The highest BCUT2D eigenvalue weighted by atomic mass is 16.5. The van der Waals surface area contributed by atoms with E-state index >= 15 is 0 Å². The zero-order valence-electron chi connectivity index (χ0n) is 14.7. The van der Waals surface area contributed by atoms with E-state index in [1.54, 1.807) is 7.11 Å². The number of fused-ring (bicyclic) bond motifs is 1. The molecule has 4 atom stereocenters. The minimum absolute atomic E-state index is 0.617. The average Bonchev–Trinajstić information content (AvgIpc) is 2.64. The molecule has 1 heterocycles. The zero-order valence-corrected chi connectivity index (χ0v) is 14.7. The van der Waals surface area contributed by atoms with Crippen molar-refractivity contribution in [1.82, 2.24) is 5.32 Å². The predicted molar refractivity (Wildman–Crippen MR) is 96.5 cm³/mol. The van der Waals surface area contributed by atoms with Gasteiger partial charge in [0.05, 0.1) is 20.3 Å². The molecule has 0 bridgehead atoms. The van der Waals surface area contributed by atoms with Gasteiger partial charge >= 0.3 is 0 Å². The first-order chi connectivity index (χ1) is 11.9. The van der Waals surface area contributed by atoms with Gasteiger partial charge < -0.3 is 14.8 Å². The van der Waals surface area contributed by atoms with Gasteiger partial charge in [0, 0.05) is 18.5 Å². The van der Waals surface area contributed by atoms with E-state index in [4.69, 9.17) is 9.47 Å². The second kappa shape index (κ2) is 7.28. The maximum atomic E-state index is 5.59. The summed E-state index contributed by atoms with van der Waals surface area (Å²) in [4.78, 5) is 0. The molecule has 0 aromatic heterocycles. The molecule has 0 saturated heterocycles. The molecule has 1 aliphatic heterocycles. The van der Waals surface area contributed by atoms with Crippen molar-refractivity contribution < 1.29 is 9.47 Å². The van der Waals surface area contributed by atoms with Crippen molar-refractivity contribution in [2.45, 2.75) is 44.1 Å². The van der Waals surface area contributed by atoms with Crippen molar-refractivity contribution in [3.8, 4) is 5.75 Å². The van der Waals surface area contributed by atoms with E-state index in [2.05, 4.69) is 35.7 Å². The third kappa shape index (κ3) is 3.12. The number of hydrogen-bond donors (Lipinski definition) is 1. The van der Waals surface area contributed by atoms with Gasteiger partial charge in [-0.15, -0.1) is 0 Å². The molecule has 1 aromatic rings. The highest BCUT2D eigenvalue weighted by Gasteiger charge is 2.50. The Morgan fingerprint density at radius 2 is 1.92 bits per heavy atom. The summed E-state index contributed by atoms with van der Waals surface area (Å²) in [5.74, 6) is 3.33. The summed E-state index contributed by atoms with van der Waals surface area (Å²) in [6, 6.07) is 9.38. The first-order valence-corrected chi connectivity index (χ1v) is 9.50. The van der Waals surface area contributed by atoms with Crippen LogP contribution in [0, 0.1) is 11.8 Å². The molecular weight excluding hydrogens is 298 g/mol. The number of benzene rings is 1. The van der Waals surface area contributed by atoms with E-state index in [-0.39, 0.29) is 0 Å². The fourth-order valence-electron chi connectivity index (χ4n) is 5.01. The minimum atomic E-state index is 0.617. The molecule has 0 spiro atoms. The molecule has 2 aliphatic carbocycles. The van der Waals surface area contributed by atoms with Gasteiger partial charge in [-0.05, 0) is 54.4 Å². The summed E-state index contributed by atoms with van der Waals surface area (Å²) in [6.07, 6.45) is 9.02. The Balaban J connectivity index is 1.47. The maximum absolute atomic E-state index is 5.59. The molecule has 3 heteroatoms. The van der Waals surface area contributed by atoms with Crippen LogP contribution in [0.3, 0.4) is 0 Å². The molecule has 1 aromatic carbocycles. The highest BCUT2D eigenvalue weighted by molar-refractivity contribution is 5.33. The first-order valence-electron chi connectivity index (χ1n) is 9.50. The van der Waals surface area contributed by atoms with Gasteiger partial charge in [-0.25, -0.2) is 0 Å². The van der Waals surface area contributed by atoms with Crippen LogP contribution in [-0.2, 0) is 4.74 Å². The summed E-state index contributed by atoms with van der Waals surface area (Å²) >= 11 is 0. The summed E-state index contributed by atoms with van der Waals surface area (Å²) in [5.41, 5.74) is 2.90. The van der Waals surface area contributed by atoms with Gasteiger partial charge in [0.1, 0.15) is 5.75 Å². The van der Waals surface area contributed by atoms with Gasteiger partial charge in [0.25, 0.3) is 0 Å². The molecule has 2 fully saturated rings. The molecule has 24 heavy (non-hydrogen) atoms. The maximum Gasteiger partial charge on any atom is 0.118 e. The standard InChI is InChI=1S/C21H29NO2/c1-23-17-10-8-16(9-11-17)20-18-6-2-3-7-19(18)21(20)22-13-15-5-4-12-24-14-15/h5,8-11,18-22H,2-4,6-7,12-14H2,1H3/t18-,19+,20+,21+/m1/s1. The predicted octanol–water partition coefficient (Wildman–Crippen LogP) is 3.90. The van der Waals surface area contributed by atoms with Crippen molar-refractivity contribution in [1.29, 1.82) is 0 Å². The fourth-order valence-corrected chi connectivity index (χ4v) is 5.01. The van der Waals surface area contributed by atoms with Crippen molar-refractivity contribution in [2.75, 3.05) is 26.9 Å². The topological polar surface area (TPSA) is 30.5 Å². The Morgan fingerprint density at radius 3 is 2.62 bits per heavy atom. The van der Waals surface area contributed by atoms with Crippen LogP contribution in [0.1, 0.15) is 43.6 Å². The average molecular weight is 327 g/mol. The van der Waals surface area contributed by atoms with Gasteiger partial charge in [-0.3, -0.25) is 0 Å². The Kier molecular flexibility index (Phi) is 4.91. The van der Waals surface area contributed by atoms with E-state index in [0.29, 0.717) is 12.0 Å². The Bertz CT molecular complexity index is 580. The van der Waals surface area contributed by atoms with E-state index < -0.39 is 0 Å². The molecule has 4 rings (SSSR count). The van der Waals surface area contributed by atoms with Crippen molar-refractivity contribution >= 4 is 0 Å². The minimum Gasteiger partial charge on any atom is -0.497 e. The quantitative estimate of drug-likeness (QED) is 0.832. The number of ether oxygens (including phenoxy) is 2. The molecule has 3 nitrogen and oxygen atoms in total. The molecule has 0 amide bonds. The van der Waals surface area contributed by atoms with Crippen LogP contribution in [0.15, 0.2) is 35.9 Å². The molecule has 0 radical (unpaired) electrons. The number of methoxy groups -OCH3 is 1. The van der Waals surface area contributed by atoms with Gasteiger partial charge in [-0.2, -0.15) is 0 Å². The van der Waals surface area contributed by atoms with Crippen LogP contribution in [-0.4, -0.2) is 32.9 Å². The third-order valence-electron chi connectivity index (χ3n) is 6.23. The summed E-state index contributed by atoms with van der Waals surface area (Å²) in [6.45, 7) is 2.67. The second-order valence-electron chi connectivity index (χ2n) is 7.52. The SMILES string of the molecule is COc1ccc([C@H]2[C@@H]3CCCC[C@@H]3[C@@H]2NCC2=CCCOC2)cc1. The monoisotopic (exact) mass is 327 g/mol. The fraction of sp³-hybridized carbons (Fsp3) is 0.619. The van der Waals surface area contributed by atoms with Crippen LogP contribution in [0.5, 0.6) is 5.75 Å². The van der Waals surface area contributed by atoms with Gasteiger partial charge in [-0.1, -0.05) is 31.1 Å². The summed E-state index contributed by atoms with van der Waals surface area (Å²) < 4.78 is 10.9. The van der Waals surface area contributed by atoms with Crippen molar-refractivity contribution in [2.24, 2.45) is 11.8 Å². The smallest absolute Gasteiger partial charge is 0.118 e. The zero-order chi connectivity index (χ0) is 16.4. The molecular formula is C21H29NO2. The van der Waals surface area contributed by atoms with Crippen LogP contribution in [0.4, 0.5) is 0 Å². The van der Waals surface area contributed by atoms with E-state index in [1.165, 1.54) is 36.8 Å². The molecule has 0 unspecified atom stereocenters. The second-order valence-corrected chi connectivity index (χ2v) is 7.52. The van der Waals surface area contributed by atoms with E-state index in [0.717, 1.165) is 43.8 Å². The normalized spacial score (nSPS) is 32.5. The van der Waals surface area contributed by atoms with Crippen LogP contribution in [0.25, 0.3) is 0 Å². The first kappa shape index (κ1) is 16.2. The van der Waals surface area contributed by atoms with Crippen LogP contribution >= 0.6 is 0 Å². The lowest BCUT2D eigenvalue weighted by Crippen LogP contribution is -2.58. The molecule has 130 valence electrons. The Morgan fingerprint density at radius 1 is 1.12 bits per heavy atom. The van der Waals surface area contributed by atoms with E-state index in [1.807, 2.05) is 0 Å². The highest BCUT2D eigenvalue weighted by Crippen LogP contribution is 2.54. The van der Waals surface area contributed by atoms with Crippen molar-refractivity contribution in [3.63, 3.8) is 0 Å². The number of rotatable bonds is 5. The molecule has 3 aliphatic rings. The number of hydrogen-bond acceptors (Lipinski definition) is 3. The third-order valence-corrected chi connectivity index (χ3v) is 6.23. The molecule has 2 saturated carbocycles. The summed E-state index contributed by atoms with van der Waals surface area (Å²) in [7, 11) is 1.74. The lowest BCUT2D eigenvalue weighted by atomic mass is 9.53. The lowest BCUT2D eigenvalue weighted by Gasteiger charge is -2.55. The van der Waals surface area contributed by atoms with Crippen LogP contribution < -0.4 is 10.1 Å². The molecule has 1 N–H and O–H groups in total. The van der Waals surface area contributed by atoms with Gasteiger partial charge in [0.15, 0.2) is 0 Å². The Labute approximate surface area is 145 Å². The van der Waals surface area contributed by atoms with Crippen molar-refractivity contribution in [3.05, 3.63) is 41.5 Å². The largest absolute Gasteiger partial charge is 0.497 e. The number of nitrogens with one attached hydrogen (secondary N) is 1.